The van der Waals surface area contributed by atoms with E-state index in [1.807, 2.05) is 0 Å². The van der Waals surface area contributed by atoms with E-state index in [0.29, 0.717) is 21.9 Å². The number of hydrogen-bond acceptors (Lipinski definition) is 6. The summed E-state index contributed by atoms with van der Waals surface area (Å²) in [6.45, 7) is 0.240. The topological polar surface area (TPSA) is 79.6 Å². The van der Waals surface area contributed by atoms with Gasteiger partial charge >= 0.3 is 0 Å². The maximum absolute atomic E-state index is 13.2. The van der Waals surface area contributed by atoms with E-state index in [1.165, 1.54) is 52.4 Å². The Morgan fingerprint density at radius 1 is 1.18 bits per heavy atom. The molecule has 3 aromatic rings. The number of nitrogens with zero attached hydrogens (tertiary/aromatic N) is 1. The van der Waals surface area contributed by atoms with Crippen LogP contribution >= 0.6 is 11.3 Å². The number of carbonyl (C=O) groups excluding carboxylic acids is 1. The van der Waals surface area contributed by atoms with E-state index in [-0.39, 0.29) is 18.0 Å². The van der Waals surface area contributed by atoms with E-state index in [1.54, 1.807) is 23.6 Å². The van der Waals surface area contributed by atoms with Crippen molar-refractivity contribution >= 4 is 32.8 Å². The first-order valence-electron chi connectivity index (χ1n) is 8.32. The Kier molecular flexibility index (Phi) is 4.78. The smallest absolute Gasteiger partial charge is 0.270 e. The molecular formula is C19H15FN2O4S2. The van der Waals surface area contributed by atoms with Gasteiger partial charge in [-0.15, -0.1) is 11.3 Å². The number of ketones is 1. The molecule has 0 saturated heterocycles. The van der Waals surface area contributed by atoms with Crippen molar-refractivity contribution in [1.82, 2.24) is 5.32 Å². The zero-order chi connectivity index (χ0) is 19.7. The number of benzene rings is 1. The van der Waals surface area contributed by atoms with Crippen LogP contribution in [0.2, 0.25) is 0 Å². The van der Waals surface area contributed by atoms with Crippen molar-refractivity contribution in [3.05, 3.63) is 87.2 Å². The lowest BCUT2D eigenvalue weighted by Gasteiger charge is -2.29. The Morgan fingerprint density at radius 3 is 2.68 bits per heavy atom. The molecule has 1 aliphatic rings. The van der Waals surface area contributed by atoms with Gasteiger partial charge in [-0.25, -0.2) is 12.8 Å². The summed E-state index contributed by atoms with van der Waals surface area (Å²) in [5.41, 5.74) is 0.946. The average Bonchev–Trinajstić information content (AvgIpc) is 3.35. The number of halogens is 1. The van der Waals surface area contributed by atoms with Crippen LogP contribution in [0.4, 0.5) is 10.1 Å². The number of Topliss-reactive ketones (excluding diaryl/α,β-unsaturated/α-hetero) is 1. The summed E-state index contributed by atoms with van der Waals surface area (Å²) in [7, 11) is -4.08. The third-order valence-corrected chi connectivity index (χ3v) is 6.91. The molecule has 0 fully saturated rings. The second-order valence-electron chi connectivity index (χ2n) is 6.07. The summed E-state index contributed by atoms with van der Waals surface area (Å²) in [6, 6.07) is 10.6. The van der Waals surface area contributed by atoms with Crippen LogP contribution in [0.25, 0.3) is 0 Å². The third kappa shape index (κ3) is 3.34. The van der Waals surface area contributed by atoms with Crippen LogP contribution in [0.5, 0.6) is 0 Å². The molecule has 2 aromatic heterocycles. The van der Waals surface area contributed by atoms with Crippen LogP contribution in [-0.2, 0) is 23.1 Å². The molecule has 28 heavy (non-hydrogen) atoms. The molecule has 3 heterocycles. The van der Waals surface area contributed by atoms with Crippen LogP contribution in [0, 0.1) is 5.82 Å². The Balaban J connectivity index is 1.68. The second-order valence-corrected chi connectivity index (χ2v) is 8.82. The summed E-state index contributed by atoms with van der Waals surface area (Å²) in [5, 5.41) is 4.51. The molecule has 0 aliphatic carbocycles. The minimum Gasteiger partial charge on any atom is -0.467 e. The van der Waals surface area contributed by atoms with Crippen LogP contribution in [0.3, 0.4) is 0 Å². The van der Waals surface area contributed by atoms with Crippen molar-refractivity contribution in [3.8, 4) is 0 Å². The molecule has 1 aromatic carbocycles. The number of fused-ring (bicyclic) bond motifs is 1. The number of thiophene rings is 1. The molecule has 0 atom stereocenters. The minimum atomic E-state index is -4.08. The first-order valence-corrected chi connectivity index (χ1v) is 10.6. The number of nitrogens with one attached hydrogen (secondary N) is 1. The molecule has 0 radical (unpaired) electrons. The van der Waals surface area contributed by atoms with Crippen LogP contribution in [0.15, 0.2) is 69.6 Å². The largest absolute Gasteiger partial charge is 0.467 e. The van der Waals surface area contributed by atoms with Crippen molar-refractivity contribution in [2.75, 3.05) is 4.31 Å². The van der Waals surface area contributed by atoms with Gasteiger partial charge in [0.25, 0.3) is 10.0 Å². The van der Waals surface area contributed by atoms with E-state index in [2.05, 4.69) is 5.32 Å². The lowest BCUT2D eigenvalue weighted by atomic mass is 10.2. The molecule has 6 nitrogen and oxygen atoms in total. The highest BCUT2D eigenvalue weighted by molar-refractivity contribution is 7.97. The molecule has 1 aliphatic heterocycles. The van der Waals surface area contributed by atoms with Gasteiger partial charge in [0.15, 0.2) is 4.91 Å². The molecule has 0 bridgehead atoms. The molecule has 4 rings (SSSR count). The van der Waals surface area contributed by atoms with E-state index >= 15 is 0 Å². The molecule has 144 valence electrons. The SMILES string of the molecule is O=C1/C(=C/NCc2ccco2)S(=O)(=O)N(Cc2ccc(F)cc2)c2ccsc21. The van der Waals surface area contributed by atoms with Crippen molar-refractivity contribution in [2.24, 2.45) is 0 Å². The van der Waals surface area contributed by atoms with Gasteiger partial charge in [-0.1, -0.05) is 12.1 Å². The fourth-order valence-corrected chi connectivity index (χ4v) is 5.38. The number of sulfonamides is 1. The lowest BCUT2D eigenvalue weighted by molar-refractivity contribution is 0.104. The molecular weight excluding hydrogens is 403 g/mol. The van der Waals surface area contributed by atoms with Crippen molar-refractivity contribution < 1.29 is 22.0 Å². The maximum atomic E-state index is 13.2. The molecule has 0 saturated carbocycles. The van der Waals surface area contributed by atoms with Crippen LogP contribution in [0.1, 0.15) is 21.0 Å². The first-order chi connectivity index (χ1) is 13.5. The molecule has 0 unspecified atom stereocenters. The lowest BCUT2D eigenvalue weighted by Crippen LogP contribution is -2.38. The summed E-state index contributed by atoms with van der Waals surface area (Å²) in [6.07, 6.45) is 2.72. The average molecular weight is 418 g/mol. The fraction of sp³-hybridized carbons (Fsp3) is 0.105. The van der Waals surface area contributed by atoms with Gasteiger partial charge in [0.2, 0.25) is 5.78 Å². The monoisotopic (exact) mass is 418 g/mol. The van der Waals surface area contributed by atoms with Gasteiger partial charge in [0, 0.05) is 6.20 Å². The van der Waals surface area contributed by atoms with Crippen LogP contribution < -0.4 is 9.62 Å². The first kappa shape index (κ1) is 18.5. The number of carbonyl (C=O) groups is 1. The highest BCUT2D eigenvalue weighted by Crippen LogP contribution is 2.39. The van der Waals surface area contributed by atoms with E-state index in [0.717, 1.165) is 0 Å². The highest BCUT2D eigenvalue weighted by Gasteiger charge is 2.41. The number of hydrogen-bond donors (Lipinski definition) is 1. The van der Waals surface area contributed by atoms with Gasteiger partial charge in [0.05, 0.1) is 25.0 Å². The minimum absolute atomic E-state index is 0.00481. The van der Waals surface area contributed by atoms with E-state index in [9.17, 15) is 17.6 Å². The predicted octanol–water partition coefficient (Wildman–Crippen LogP) is 3.64. The van der Waals surface area contributed by atoms with Gasteiger partial charge in [-0.2, -0.15) is 0 Å². The molecule has 0 spiro atoms. The Labute approximate surface area is 165 Å². The zero-order valence-electron chi connectivity index (χ0n) is 14.5. The Bertz CT molecular complexity index is 1130. The Morgan fingerprint density at radius 2 is 1.96 bits per heavy atom. The molecule has 1 N–H and O–H groups in total. The summed E-state index contributed by atoms with van der Waals surface area (Å²) in [4.78, 5) is 12.8. The van der Waals surface area contributed by atoms with E-state index in [4.69, 9.17) is 4.42 Å². The predicted molar refractivity (Wildman–Crippen MR) is 104 cm³/mol. The number of allylic oxidation sites excluding steroid dienone is 1. The summed E-state index contributed by atoms with van der Waals surface area (Å²) < 4.78 is 45.8. The second kappa shape index (κ2) is 7.25. The van der Waals surface area contributed by atoms with Crippen molar-refractivity contribution in [1.29, 1.82) is 0 Å². The standard InChI is InChI=1S/C19H15FN2O4S2/c20-14-5-3-13(4-6-14)12-22-16-7-9-27-19(16)18(23)17(28(22,24)25)11-21-10-15-2-1-8-26-15/h1-9,11,21H,10,12H2/b17-11-. The van der Waals surface area contributed by atoms with E-state index < -0.39 is 21.6 Å². The van der Waals surface area contributed by atoms with Crippen molar-refractivity contribution in [2.45, 2.75) is 13.1 Å². The number of anilines is 1. The normalized spacial score (nSPS) is 17.0. The summed E-state index contributed by atoms with van der Waals surface area (Å²) in [5.74, 6) is -0.343. The van der Waals surface area contributed by atoms with Gasteiger partial charge in [-0.3, -0.25) is 9.10 Å². The number of rotatable bonds is 5. The van der Waals surface area contributed by atoms with Crippen molar-refractivity contribution in [3.63, 3.8) is 0 Å². The Hall–Kier alpha value is -2.91. The maximum Gasteiger partial charge on any atom is 0.270 e. The third-order valence-electron chi connectivity index (χ3n) is 4.24. The van der Waals surface area contributed by atoms with Crippen LogP contribution in [-0.4, -0.2) is 14.2 Å². The quantitative estimate of drug-likeness (QED) is 0.640. The highest BCUT2D eigenvalue weighted by atomic mass is 32.2. The summed E-state index contributed by atoms with van der Waals surface area (Å²) >= 11 is 1.18. The molecule has 9 heteroatoms. The number of furan rings is 1. The fourth-order valence-electron chi connectivity index (χ4n) is 2.87. The van der Waals surface area contributed by atoms with Gasteiger partial charge < -0.3 is 9.73 Å². The van der Waals surface area contributed by atoms with Gasteiger partial charge in [-0.05, 0) is 41.3 Å². The molecule has 0 amide bonds. The zero-order valence-corrected chi connectivity index (χ0v) is 16.1. The van der Waals surface area contributed by atoms with Gasteiger partial charge in [0.1, 0.15) is 16.5 Å².